The molecule has 3 aromatic heterocycles. The molecular weight excluding hydrogens is 383 g/mol. The van der Waals surface area contributed by atoms with Crippen molar-refractivity contribution in [2.75, 3.05) is 11.1 Å². The van der Waals surface area contributed by atoms with Crippen LogP contribution in [0.15, 0.2) is 65.8 Å². The summed E-state index contributed by atoms with van der Waals surface area (Å²) in [5.41, 5.74) is 7.77. The fourth-order valence-electron chi connectivity index (χ4n) is 3.41. The van der Waals surface area contributed by atoms with Gasteiger partial charge in [0.2, 0.25) is 0 Å². The molecule has 1 atom stereocenters. The average Bonchev–Trinajstić information content (AvgIpc) is 2.74. The molecule has 3 heterocycles. The van der Waals surface area contributed by atoms with Crippen molar-refractivity contribution in [1.29, 1.82) is 5.26 Å². The van der Waals surface area contributed by atoms with Crippen molar-refractivity contribution in [3.05, 3.63) is 88.4 Å². The molecule has 0 saturated carbocycles. The first-order valence-electron chi connectivity index (χ1n) is 9.17. The second kappa shape index (κ2) is 7.64. The van der Waals surface area contributed by atoms with Gasteiger partial charge in [-0.05, 0) is 48.4 Å². The highest BCUT2D eigenvalue weighted by atomic mass is 19.1. The maximum Gasteiger partial charge on any atom is 0.263 e. The van der Waals surface area contributed by atoms with Crippen LogP contribution in [-0.2, 0) is 0 Å². The summed E-state index contributed by atoms with van der Waals surface area (Å²) < 4.78 is 15.4. The van der Waals surface area contributed by atoms with Crippen LogP contribution in [0.5, 0.6) is 0 Å². The minimum atomic E-state index is -0.442. The van der Waals surface area contributed by atoms with Crippen LogP contribution < -0.4 is 16.6 Å². The molecule has 3 N–H and O–H groups in total. The van der Waals surface area contributed by atoms with Crippen molar-refractivity contribution in [3.8, 4) is 17.2 Å². The number of benzene rings is 1. The Balaban J connectivity index is 1.92. The first-order chi connectivity index (χ1) is 14.5. The van der Waals surface area contributed by atoms with Gasteiger partial charge in [-0.2, -0.15) is 5.26 Å². The Labute approximate surface area is 171 Å². The Kier molecular flexibility index (Phi) is 4.86. The van der Waals surface area contributed by atoms with Gasteiger partial charge in [-0.25, -0.2) is 14.4 Å². The highest BCUT2D eigenvalue weighted by Crippen LogP contribution is 2.30. The second-order valence-electron chi connectivity index (χ2n) is 6.75. The summed E-state index contributed by atoms with van der Waals surface area (Å²) in [5.74, 6) is -0.117. The predicted molar refractivity (Wildman–Crippen MR) is 112 cm³/mol. The lowest BCUT2D eigenvalue weighted by molar-refractivity contribution is 0.628. The zero-order chi connectivity index (χ0) is 21.3. The van der Waals surface area contributed by atoms with Gasteiger partial charge in [0.05, 0.1) is 11.6 Å². The number of aromatic nitrogens is 3. The fraction of sp³-hybridized carbons (Fsp3) is 0.0909. The molecule has 0 fully saturated rings. The molecule has 0 aliphatic heterocycles. The van der Waals surface area contributed by atoms with Crippen LogP contribution >= 0.6 is 0 Å². The molecule has 148 valence electrons. The number of nitrogens with one attached hydrogen (secondary N) is 1. The third kappa shape index (κ3) is 3.33. The van der Waals surface area contributed by atoms with Gasteiger partial charge in [0.1, 0.15) is 35.4 Å². The lowest BCUT2D eigenvalue weighted by Crippen LogP contribution is -2.21. The molecule has 7 nitrogen and oxygen atoms in total. The Morgan fingerprint density at radius 2 is 2.03 bits per heavy atom. The van der Waals surface area contributed by atoms with Crippen molar-refractivity contribution >= 4 is 17.2 Å². The topological polar surface area (TPSA) is 109 Å². The molecule has 8 heteroatoms. The smallest absolute Gasteiger partial charge is 0.263 e. The van der Waals surface area contributed by atoms with Gasteiger partial charge in [0.15, 0.2) is 0 Å². The molecule has 0 aliphatic carbocycles. The van der Waals surface area contributed by atoms with Gasteiger partial charge in [-0.1, -0.05) is 18.2 Å². The minimum absolute atomic E-state index is 0.0612. The van der Waals surface area contributed by atoms with Crippen LogP contribution in [0.2, 0.25) is 0 Å². The lowest BCUT2D eigenvalue weighted by atomic mass is 9.96. The molecule has 0 radical (unpaired) electrons. The van der Waals surface area contributed by atoms with Crippen LogP contribution in [0.25, 0.3) is 16.6 Å². The highest BCUT2D eigenvalue weighted by molar-refractivity contribution is 5.72. The number of nitrogens with zero attached hydrogens (tertiary/aromatic N) is 4. The third-order valence-electron chi connectivity index (χ3n) is 4.84. The standard InChI is InChI=1S/C22H17FN6O/c1-13(28-21-18(11-24)20(25)26-12-27-21)17-10-16-7-2-3-8-29(16)22(30)19(17)14-5-4-6-15(23)9-14/h2-10,12-13H,1H3,(H3,25,26,27,28)/t13-/m1/s1. The number of hydrogen-bond donors (Lipinski definition) is 2. The number of nitriles is 1. The first kappa shape index (κ1) is 19.1. The number of nitrogens with two attached hydrogens (primary N) is 1. The fourth-order valence-corrected chi connectivity index (χ4v) is 3.41. The molecule has 0 amide bonds. The van der Waals surface area contributed by atoms with Gasteiger partial charge in [0.25, 0.3) is 5.56 Å². The van der Waals surface area contributed by atoms with Crippen molar-refractivity contribution < 1.29 is 4.39 Å². The molecule has 4 aromatic rings. The molecule has 30 heavy (non-hydrogen) atoms. The maximum absolute atomic E-state index is 13.9. The number of fused-ring (bicyclic) bond motifs is 1. The monoisotopic (exact) mass is 400 g/mol. The summed E-state index contributed by atoms with van der Waals surface area (Å²) in [7, 11) is 0. The summed E-state index contributed by atoms with van der Waals surface area (Å²) in [5, 5.41) is 12.5. The van der Waals surface area contributed by atoms with Gasteiger partial charge < -0.3 is 11.1 Å². The van der Waals surface area contributed by atoms with E-state index in [0.29, 0.717) is 22.2 Å². The third-order valence-corrected chi connectivity index (χ3v) is 4.84. The van der Waals surface area contributed by atoms with Crippen LogP contribution in [0.4, 0.5) is 16.0 Å². The van der Waals surface area contributed by atoms with E-state index >= 15 is 0 Å². The number of anilines is 2. The number of pyridine rings is 2. The van der Waals surface area contributed by atoms with Crippen LogP contribution in [0, 0.1) is 17.1 Å². The molecule has 0 spiro atoms. The van der Waals surface area contributed by atoms with E-state index in [2.05, 4.69) is 15.3 Å². The number of halogens is 1. The van der Waals surface area contributed by atoms with Crippen LogP contribution in [0.1, 0.15) is 24.1 Å². The summed E-state index contributed by atoms with van der Waals surface area (Å²) in [4.78, 5) is 21.2. The van der Waals surface area contributed by atoms with Crippen molar-refractivity contribution in [3.63, 3.8) is 0 Å². The summed E-state index contributed by atoms with van der Waals surface area (Å²) in [6.45, 7) is 1.83. The molecule has 0 aliphatic rings. The summed E-state index contributed by atoms with van der Waals surface area (Å²) in [6, 6.07) is 14.7. The Bertz CT molecular complexity index is 1360. The number of rotatable bonds is 4. The van der Waals surface area contributed by atoms with E-state index in [1.54, 1.807) is 24.4 Å². The van der Waals surface area contributed by atoms with Gasteiger partial charge in [-0.15, -0.1) is 0 Å². The summed E-state index contributed by atoms with van der Waals surface area (Å²) >= 11 is 0. The van der Waals surface area contributed by atoms with Crippen LogP contribution in [-0.4, -0.2) is 14.4 Å². The minimum Gasteiger partial charge on any atom is -0.382 e. The van der Waals surface area contributed by atoms with Crippen molar-refractivity contribution in [2.45, 2.75) is 13.0 Å². The molecule has 0 saturated heterocycles. The molecule has 0 bridgehead atoms. The summed E-state index contributed by atoms with van der Waals surface area (Å²) in [6.07, 6.45) is 2.93. The molecule has 4 rings (SSSR count). The normalized spacial score (nSPS) is 11.8. The average molecular weight is 400 g/mol. The Morgan fingerprint density at radius 3 is 2.80 bits per heavy atom. The van der Waals surface area contributed by atoms with Crippen molar-refractivity contribution in [1.82, 2.24) is 14.4 Å². The van der Waals surface area contributed by atoms with E-state index in [0.717, 1.165) is 0 Å². The van der Waals surface area contributed by atoms with E-state index < -0.39 is 11.9 Å². The molecule has 1 aromatic carbocycles. The SMILES string of the molecule is C[C@@H](Nc1ncnc(N)c1C#N)c1cc2ccccn2c(=O)c1-c1cccc(F)c1. The second-order valence-corrected chi connectivity index (χ2v) is 6.75. The van der Waals surface area contributed by atoms with Crippen LogP contribution in [0.3, 0.4) is 0 Å². The lowest BCUT2D eigenvalue weighted by Gasteiger charge is -2.20. The van der Waals surface area contributed by atoms with E-state index in [9.17, 15) is 14.4 Å². The highest BCUT2D eigenvalue weighted by Gasteiger charge is 2.20. The zero-order valence-corrected chi connectivity index (χ0v) is 16.0. The number of nitrogen functional groups attached to an aromatic ring is 1. The van der Waals surface area contributed by atoms with Gasteiger partial charge in [-0.3, -0.25) is 9.20 Å². The van der Waals surface area contributed by atoms with E-state index in [1.807, 2.05) is 31.2 Å². The van der Waals surface area contributed by atoms with Gasteiger partial charge in [0, 0.05) is 11.7 Å². The number of hydrogen-bond acceptors (Lipinski definition) is 6. The quantitative estimate of drug-likeness (QED) is 0.542. The van der Waals surface area contributed by atoms with E-state index in [1.165, 1.54) is 22.9 Å². The zero-order valence-electron chi connectivity index (χ0n) is 16.0. The van der Waals surface area contributed by atoms with Crippen molar-refractivity contribution in [2.24, 2.45) is 0 Å². The van der Waals surface area contributed by atoms with Gasteiger partial charge >= 0.3 is 0 Å². The molecular formula is C22H17FN6O. The van der Waals surface area contributed by atoms with E-state index in [4.69, 9.17) is 5.73 Å². The maximum atomic E-state index is 13.9. The Morgan fingerprint density at radius 1 is 1.20 bits per heavy atom. The molecule has 0 unspecified atom stereocenters. The first-order valence-corrected chi connectivity index (χ1v) is 9.17. The largest absolute Gasteiger partial charge is 0.382 e. The van der Waals surface area contributed by atoms with E-state index in [-0.39, 0.29) is 22.8 Å². The Hall–Kier alpha value is -4.25. The predicted octanol–water partition coefficient (Wildman–Crippen LogP) is 3.52.